The topological polar surface area (TPSA) is 95.9 Å². The van der Waals surface area contributed by atoms with Crippen LogP contribution in [0, 0.1) is 6.92 Å². The highest BCUT2D eigenvalue weighted by atomic mass is 32.1. The molecule has 0 amide bonds. The van der Waals surface area contributed by atoms with Crippen molar-refractivity contribution in [2.75, 3.05) is 23.8 Å². The first kappa shape index (κ1) is 18.3. The van der Waals surface area contributed by atoms with E-state index in [9.17, 15) is 0 Å². The van der Waals surface area contributed by atoms with Gasteiger partial charge in [0.15, 0.2) is 0 Å². The van der Waals surface area contributed by atoms with E-state index in [4.69, 9.17) is 5.11 Å². The Labute approximate surface area is 166 Å². The van der Waals surface area contributed by atoms with E-state index < -0.39 is 0 Å². The first-order chi connectivity index (χ1) is 13.7. The molecule has 3 aromatic heterocycles. The Kier molecular flexibility index (Phi) is 5.41. The summed E-state index contributed by atoms with van der Waals surface area (Å²) < 4.78 is 1.16. The summed E-state index contributed by atoms with van der Waals surface area (Å²) in [6.07, 6.45) is 4.11. The van der Waals surface area contributed by atoms with E-state index in [1.807, 2.05) is 37.3 Å². The number of nitrogens with one attached hydrogen (secondary N) is 2. The van der Waals surface area contributed by atoms with Crippen LogP contribution in [0.4, 0.5) is 17.5 Å². The van der Waals surface area contributed by atoms with E-state index in [0.717, 1.165) is 32.2 Å². The van der Waals surface area contributed by atoms with Crippen LogP contribution in [0.5, 0.6) is 0 Å². The predicted octanol–water partition coefficient (Wildman–Crippen LogP) is 3.99. The van der Waals surface area contributed by atoms with E-state index in [-0.39, 0.29) is 6.61 Å². The van der Waals surface area contributed by atoms with E-state index in [1.165, 1.54) is 0 Å². The van der Waals surface area contributed by atoms with Crippen molar-refractivity contribution in [3.8, 4) is 11.3 Å². The Morgan fingerprint density at radius 2 is 1.89 bits per heavy atom. The fourth-order valence-corrected chi connectivity index (χ4v) is 3.62. The van der Waals surface area contributed by atoms with Gasteiger partial charge >= 0.3 is 0 Å². The smallest absolute Gasteiger partial charge is 0.225 e. The number of fused-ring (bicyclic) bond motifs is 1. The van der Waals surface area contributed by atoms with Crippen LogP contribution < -0.4 is 10.6 Å². The third kappa shape index (κ3) is 4.24. The number of aromatic nitrogens is 4. The van der Waals surface area contributed by atoms with Gasteiger partial charge < -0.3 is 15.7 Å². The second-order valence-corrected chi connectivity index (χ2v) is 7.48. The SMILES string of the molecule is Cc1nc2cc(Nc3cc(-c4ccncc4)nc(NCCCO)n3)ccc2s1. The van der Waals surface area contributed by atoms with E-state index in [1.54, 1.807) is 23.7 Å². The molecule has 142 valence electrons. The van der Waals surface area contributed by atoms with Gasteiger partial charge in [0.25, 0.3) is 0 Å². The molecule has 7 nitrogen and oxygen atoms in total. The van der Waals surface area contributed by atoms with Crippen molar-refractivity contribution < 1.29 is 5.11 Å². The normalized spacial score (nSPS) is 10.9. The zero-order valence-corrected chi connectivity index (χ0v) is 16.2. The summed E-state index contributed by atoms with van der Waals surface area (Å²) in [4.78, 5) is 17.8. The molecule has 28 heavy (non-hydrogen) atoms. The molecular formula is C20H20N6OS. The minimum Gasteiger partial charge on any atom is -0.396 e. The molecule has 0 unspecified atom stereocenters. The lowest BCUT2D eigenvalue weighted by atomic mass is 10.2. The number of benzene rings is 1. The number of aryl methyl sites for hydroxylation is 1. The van der Waals surface area contributed by atoms with E-state index in [0.29, 0.717) is 24.7 Å². The van der Waals surface area contributed by atoms with Gasteiger partial charge in [-0.2, -0.15) is 4.98 Å². The van der Waals surface area contributed by atoms with Crippen molar-refractivity contribution in [2.24, 2.45) is 0 Å². The van der Waals surface area contributed by atoms with Crippen molar-refractivity contribution in [3.63, 3.8) is 0 Å². The quantitative estimate of drug-likeness (QED) is 0.409. The van der Waals surface area contributed by atoms with Crippen LogP contribution in [0.25, 0.3) is 21.5 Å². The lowest BCUT2D eigenvalue weighted by Gasteiger charge is -2.11. The number of pyridine rings is 1. The molecule has 0 bridgehead atoms. The van der Waals surface area contributed by atoms with Crippen LogP contribution in [0.2, 0.25) is 0 Å². The molecule has 0 aliphatic heterocycles. The fraction of sp³-hybridized carbons (Fsp3) is 0.200. The number of hydrogen-bond acceptors (Lipinski definition) is 8. The third-order valence-corrected chi connectivity index (χ3v) is 5.04. The first-order valence-corrected chi connectivity index (χ1v) is 9.81. The Morgan fingerprint density at radius 1 is 1.04 bits per heavy atom. The van der Waals surface area contributed by atoms with Crippen LogP contribution in [-0.2, 0) is 0 Å². The van der Waals surface area contributed by atoms with Crippen molar-refractivity contribution >= 4 is 39.0 Å². The standard InChI is InChI=1S/C20H20N6OS/c1-13-23-17-11-15(3-4-18(17)28-13)24-19-12-16(14-5-8-21-9-6-14)25-20(26-19)22-7-2-10-27/h3-6,8-9,11-12,27H,2,7,10H2,1H3,(H2,22,24,25,26). The highest BCUT2D eigenvalue weighted by Crippen LogP contribution is 2.27. The van der Waals surface area contributed by atoms with Gasteiger partial charge in [0.05, 0.1) is 20.9 Å². The fourth-order valence-electron chi connectivity index (χ4n) is 2.81. The van der Waals surface area contributed by atoms with Crippen LogP contribution in [-0.4, -0.2) is 38.2 Å². The van der Waals surface area contributed by atoms with Crippen molar-refractivity contribution in [3.05, 3.63) is 53.8 Å². The van der Waals surface area contributed by atoms with Gasteiger partial charge in [-0.3, -0.25) is 4.98 Å². The molecule has 0 spiro atoms. The molecule has 3 N–H and O–H groups in total. The van der Waals surface area contributed by atoms with Gasteiger partial charge in [0, 0.05) is 42.9 Å². The largest absolute Gasteiger partial charge is 0.396 e. The molecule has 0 radical (unpaired) electrons. The van der Waals surface area contributed by atoms with Crippen LogP contribution in [0.15, 0.2) is 48.8 Å². The van der Waals surface area contributed by atoms with Gasteiger partial charge in [0.2, 0.25) is 5.95 Å². The second-order valence-electron chi connectivity index (χ2n) is 6.24. The number of nitrogens with zero attached hydrogens (tertiary/aromatic N) is 4. The third-order valence-electron chi connectivity index (χ3n) is 4.09. The first-order valence-electron chi connectivity index (χ1n) is 9.00. The van der Waals surface area contributed by atoms with Crippen molar-refractivity contribution in [1.82, 2.24) is 19.9 Å². The molecule has 4 aromatic rings. The average molecular weight is 392 g/mol. The maximum atomic E-state index is 9.01. The maximum absolute atomic E-state index is 9.01. The number of aliphatic hydroxyl groups excluding tert-OH is 1. The summed E-state index contributed by atoms with van der Waals surface area (Å²) in [7, 11) is 0. The Bertz CT molecular complexity index is 1080. The Balaban J connectivity index is 1.66. The summed E-state index contributed by atoms with van der Waals surface area (Å²) in [6, 6.07) is 11.8. The highest BCUT2D eigenvalue weighted by Gasteiger charge is 2.08. The minimum atomic E-state index is 0.120. The Morgan fingerprint density at radius 3 is 2.71 bits per heavy atom. The van der Waals surface area contributed by atoms with E-state index in [2.05, 4.69) is 36.6 Å². The van der Waals surface area contributed by atoms with Crippen LogP contribution in [0.3, 0.4) is 0 Å². The number of rotatable bonds is 7. The molecular weight excluding hydrogens is 372 g/mol. The van der Waals surface area contributed by atoms with Crippen LogP contribution >= 0.6 is 11.3 Å². The zero-order chi connectivity index (χ0) is 19.3. The highest BCUT2D eigenvalue weighted by molar-refractivity contribution is 7.18. The van der Waals surface area contributed by atoms with Gasteiger partial charge in [-0.25, -0.2) is 9.97 Å². The molecule has 3 heterocycles. The second kappa shape index (κ2) is 8.28. The lowest BCUT2D eigenvalue weighted by Crippen LogP contribution is -2.08. The molecule has 8 heteroatoms. The number of anilines is 3. The van der Waals surface area contributed by atoms with Gasteiger partial charge in [0.1, 0.15) is 5.82 Å². The average Bonchev–Trinajstić information content (AvgIpc) is 3.08. The lowest BCUT2D eigenvalue weighted by molar-refractivity contribution is 0.292. The summed E-state index contributed by atoms with van der Waals surface area (Å²) in [5, 5.41) is 16.6. The molecule has 0 aliphatic rings. The minimum absolute atomic E-state index is 0.120. The molecule has 0 saturated heterocycles. The van der Waals surface area contributed by atoms with Gasteiger partial charge in [-0.15, -0.1) is 11.3 Å². The summed E-state index contributed by atoms with van der Waals surface area (Å²) in [5.74, 6) is 1.19. The monoisotopic (exact) mass is 392 g/mol. The molecule has 1 aromatic carbocycles. The zero-order valence-electron chi connectivity index (χ0n) is 15.4. The molecule has 0 fully saturated rings. The number of hydrogen-bond donors (Lipinski definition) is 3. The number of aliphatic hydroxyl groups is 1. The van der Waals surface area contributed by atoms with Crippen LogP contribution in [0.1, 0.15) is 11.4 Å². The molecule has 0 aliphatic carbocycles. The van der Waals surface area contributed by atoms with Crippen molar-refractivity contribution in [1.29, 1.82) is 0 Å². The van der Waals surface area contributed by atoms with Gasteiger partial charge in [-0.05, 0) is 43.7 Å². The predicted molar refractivity (Wildman–Crippen MR) is 113 cm³/mol. The van der Waals surface area contributed by atoms with E-state index >= 15 is 0 Å². The summed E-state index contributed by atoms with van der Waals surface area (Å²) in [5.41, 5.74) is 3.63. The Hall–Kier alpha value is -3.10. The number of thiazole rings is 1. The van der Waals surface area contributed by atoms with Gasteiger partial charge in [-0.1, -0.05) is 0 Å². The summed E-state index contributed by atoms with van der Waals surface area (Å²) in [6.45, 7) is 2.72. The molecule has 4 rings (SSSR count). The van der Waals surface area contributed by atoms with Crippen molar-refractivity contribution in [2.45, 2.75) is 13.3 Å². The maximum Gasteiger partial charge on any atom is 0.225 e. The molecule has 0 saturated carbocycles. The summed E-state index contributed by atoms with van der Waals surface area (Å²) >= 11 is 1.68. The molecule has 0 atom stereocenters.